The molecule has 0 bridgehead atoms. The lowest BCUT2D eigenvalue weighted by atomic mass is 10.0. The number of Topliss-reactive ketones (excluding diaryl/α,β-unsaturated/α-hetero) is 1. The minimum absolute atomic E-state index is 0.0376. The Morgan fingerprint density at radius 3 is 2.90 bits per heavy atom. The summed E-state index contributed by atoms with van der Waals surface area (Å²) in [5, 5.41) is 2.90. The predicted molar refractivity (Wildman–Crippen MR) is 82.6 cm³/mol. The Morgan fingerprint density at radius 1 is 1.43 bits per heavy atom. The van der Waals surface area contributed by atoms with E-state index < -0.39 is 0 Å². The molecule has 0 aromatic carbocycles. The standard InChI is InChI=1S/C16H25N3O2/c1-12-6-3-4-8-19(12)9-5-7-17-16(21)15-10-14(11-18-15)13(2)20/h10-12,18H,3-9H2,1-2H3,(H,17,21). The smallest absolute Gasteiger partial charge is 0.267 e. The zero-order chi connectivity index (χ0) is 15.2. The van der Waals surface area contributed by atoms with Gasteiger partial charge in [0.05, 0.1) is 0 Å². The van der Waals surface area contributed by atoms with Crippen molar-refractivity contribution in [3.63, 3.8) is 0 Å². The molecule has 1 unspecified atom stereocenters. The first kappa shape index (κ1) is 15.8. The lowest BCUT2D eigenvalue weighted by molar-refractivity contribution is 0.0944. The van der Waals surface area contributed by atoms with Crippen LogP contribution >= 0.6 is 0 Å². The fourth-order valence-corrected chi connectivity index (χ4v) is 2.80. The molecule has 1 aliphatic heterocycles. The summed E-state index contributed by atoms with van der Waals surface area (Å²) in [4.78, 5) is 28.5. The molecule has 1 fully saturated rings. The van der Waals surface area contributed by atoms with Gasteiger partial charge in [-0.1, -0.05) is 6.42 Å². The van der Waals surface area contributed by atoms with Crippen LogP contribution in [0, 0.1) is 0 Å². The van der Waals surface area contributed by atoms with E-state index in [9.17, 15) is 9.59 Å². The number of hydrogen-bond acceptors (Lipinski definition) is 3. The molecule has 2 rings (SSSR count). The number of likely N-dealkylation sites (tertiary alicyclic amines) is 1. The van der Waals surface area contributed by atoms with Crippen molar-refractivity contribution in [1.29, 1.82) is 0 Å². The fraction of sp³-hybridized carbons (Fsp3) is 0.625. The maximum Gasteiger partial charge on any atom is 0.267 e. The number of amides is 1. The summed E-state index contributed by atoms with van der Waals surface area (Å²) in [6.07, 6.45) is 6.43. The first-order valence-corrected chi connectivity index (χ1v) is 7.79. The molecule has 1 aromatic heterocycles. The normalized spacial score (nSPS) is 19.4. The average Bonchev–Trinajstić information content (AvgIpc) is 2.95. The van der Waals surface area contributed by atoms with E-state index in [0.29, 0.717) is 23.8 Å². The summed E-state index contributed by atoms with van der Waals surface area (Å²) in [6.45, 7) is 6.64. The van der Waals surface area contributed by atoms with E-state index in [1.165, 1.54) is 32.7 Å². The number of piperidine rings is 1. The van der Waals surface area contributed by atoms with Crippen LogP contribution in [0.25, 0.3) is 0 Å². The van der Waals surface area contributed by atoms with E-state index in [4.69, 9.17) is 0 Å². The Morgan fingerprint density at radius 2 is 2.24 bits per heavy atom. The van der Waals surface area contributed by atoms with E-state index >= 15 is 0 Å². The van der Waals surface area contributed by atoms with Crippen LogP contribution in [0.2, 0.25) is 0 Å². The number of hydrogen-bond donors (Lipinski definition) is 2. The second-order valence-electron chi connectivity index (χ2n) is 5.85. The molecule has 2 heterocycles. The van der Waals surface area contributed by atoms with Crippen molar-refractivity contribution >= 4 is 11.7 Å². The zero-order valence-corrected chi connectivity index (χ0v) is 12.9. The largest absolute Gasteiger partial charge is 0.356 e. The summed E-state index contributed by atoms with van der Waals surface area (Å²) < 4.78 is 0. The molecule has 1 atom stereocenters. The van der Waals surface area contributed by atoms with Gasteiger partial charge in [0.15, 0.2) is 5.78 Å². The van der Waals surface area contributed by atoms with Crippen LogP contribution in [0.1, 0.15) is 60.4 Å². The van der Waals surface area contributed by atoms with E-state index in [2.05, 4.69) is 22.1 Å². The van der Waals surface area contributed by atoms with Gasteiger partial charge in [-0.2, -0.15) is 0 Å². The highest BCUT2D eigenvalue weighted by Gasteiger charge is 2.17. The number of carbonyl (C=O) groups excluding carboxylic acids is 2. The first-order chi connectivity index (χ1) is 10.1. The van der Waals surface area contributed by atoms with Crippen molar-refractivity contribution in [3.8, 4) is 0 Å². The minimum Gasteiger partial charge on any atom is -0.356 e. The molecule has 0 saturated carbocycles. The molecule has 0 spiro atoms. The zero-order valence-electron chi connectivity index (χ0n) is 12.9. The van der Waals surface area contributed by atoms with Gasteiger partial charge in [-0.05, 0) is 45.7 Å². The molecular formula is C16H25N3O2. The van der Waals surface area contributed by atoms with Gasteiger partial charge in [-0.15, -0.1) is 0 Å². The van der Waals surface area contributed by atoms with E-state index in [1.54, 1.807) is 12.3 Å². The third-order valence-electron chi connectivity index (χ3n) is 4.18. The molecule has 1 amide bonds. The van der Waals surface area contributed by atoms with Gasteiger partial charge in [0.25, 0.3) is 5.91 Å². The van der Waals surface area contributed by atoms with E-state index in [1.807, 2.05) is 0 Å². The van der Waals surface area contributed by atoms with Crippen LogP contribution in [0.4, 0.5) is 0 Å². The van der Waals surface area contributed by atoms with Crippen molar-refractivity contribution in [2.75, 3.05) is 19.6 Å². The molecule has 116 valence electrons. The van der Waals surface area contributed by atoms with Crippen molar-refractivity contribution in [2.45, 2.75) is 45.6 Å². The van der Waals surface area contributed by atoms with Crippen LogP contribution in [0.15, 0.2) is 12.3 Å². The van der Waals surface area contributed by atoms with Crippen molar-refractivity contribution in [2.24, 2.45) is 0 Å². The predicted octanol–water partition coefficient (Wildman–Crippen LogP) is 2.21. The number of nitrogens with zero attached hydrogens (tertiary/aromatic N) is 1. The minimum atomic E-state index is -0.144. The summed E-state index contributed by atoms with van der Waals surface area (Å²) >= 11 is 0. The number of ketones is 1. The number of rotatable bonds is 6. The topological polar surface area (TPSA) is 65.2 Å². The van der Waals surface area contributed by atoms with Crippen LogP contribution in [-0.4, -0.2) is 47.3 Å². The van der Waals surface area contributed by atoms with E-state index in [-0.39, 0.29) is 11.7 Å². The molecule has 5 heteroatoms. The summed E-state index contributed by atoms with van der Waals surface area (Å²) in [7, 11) is 0. The van der Waals surface area contributed by atoms with Gasteiger partial charge in [-0.25, -0.2) is 0 Å². The molecule has 2 N–H and O–H groups in total. The molecule has 1 aromatic rings. The van der Waals surface area contributed by atoms with Crippen LogP contribution < -0.4 is 5.32 Å². The quantitative estimate of drug-likeness (QED) is 0.624. The Labute approximate surface area is 126 Å². The molecule has 1 aliphatic rings. The second kappa shape index (κ2) is 7.41. The Kier molecular flexibility index (Phi) is 5.56. The summed E-state index contributed by atoms with van der Waals surface area (Å²) in [6, 6.07) is 2.26. The first-order valence-electron chi connectivity index (χ1n) is 7.79. The fourth-order valence-electron chi connectivity index (χ4n) is 2.80. The highest BCUT2D eigenvalue weighted by molar-refractivity contribution is 5.99. The highest BCUT2D eigenvalue weighted by atomic mass is 16.2. The second-order valence-corrected chi connectivity index (χ2v) is 5.85. The van der Waals surface area contributed by atoms with Crippen molar-refractivity contribution < 1.29 is 9.59 Å². The van der Waals surface area contributed by atoms with Gasteiger partial charge in [0.2, 0.25) is 0 Å². The molecule has 21 heavy (non-hydrogen) atoms. The van der Waals surface area contributed by atoms with Gasteiger partial charge >= 0.3 is 0 Å². The van der Waals surface area contributed by atoms with E-state index in [0.717, 1.165) is 13.0 Å². The number of nitrogens with one attached hydrogen (secondary N) is 2. The van der Waals surface area contributed by atoms with Crippen LogP contribution in [0.5, 0.6) is 0 Å². The van der Waals surface area contributed by atoms with Gasteiger partial charge < -0.3 is 15.2 Å². The average molecular weight is 291 g/mol. The van der Waals surface area contributed by atoms with Gasteiger partial charge in [-0.3, -0.25) is 9.59 Å². The maximum atomic E-state index is 11.9. The monoisotopic (exact) mass is 291 g/mol. The van der Waals surface area contributed by atoms with Gasteiger partial charge in [0.1, 0.15) is 5.69 Å². The lowest BCUT2D eigenvalue weighted by Crippen LogP contribution is -2.39. The Balaban J connectivity index is 1.70. The summed E-state index contributed by atoms with van der Waals surface area (Å²) in [5.41, 5.74) is 0.994. The maximum absolute atomic E-state index is 11.9. The van der Waals surface area contributed by atoms with Crippen molar-refractivity contribution in [1.82, 2.24) is 15.2 Å². The van der Waals surface area contributed by atoms with Gasteiger partial charge in [0, 0.05) is 30.9 Å². The van der Waals surface area contributed by atoms with Crippen LogP contribution in [-0.2, 0) is 0 Å². The number of H-pyrrole nitrogens is 1. The Hall–Kier alpha value is -1.62. The molecule has 0 aliphatic carbocycles. The molecular weight excluding hydrogens is 266 g/mol. The Bertz CT molecular complexity index is 495. The highest BCUT2D eigenvalue weighted by Crippen LogP contribution is 2.16. The molecule has 1 saturated heterocycles. The lowest BCUT2D eigenvalue weighted by Gasteiger charge is -2.33. The third-order valence-corrected chi connectivity index (χ3v) is 4.18. The number of aromatic amines is 1. The number of aromatic nitrogens is 1. The number of carbonyl (C=O) groups is 2. The van der Waals surface area contributed by atoms with Crippen LogP contribution in [0.3, 0.4) is 0 Å². The molecule has 0 radical (unpaired) electrons. The molecule has 5 nitrogen and oxygen atoms in total. The summed E-state index contributed by atoms with van der Waals surface area (Å²) in [5.74, 6) is -0.182. The van der Waals surface area contributed by atoms with Crippen molar-refractivity contribution in [3.05, 3.63) is 23.5 Å². The SMILES string of the molecule is CC(=O)c1c[nH]c(C(=O)NCCCN2CCCCC2C)c1. The third kappa shape index (κ3) is 4.43.